The van der Waals surface area contributed by atoms with Crippen molar-refractivity contribution in [1.29, 1.82) is 5.26 Å². The SMILES string of the molecule is N#Cc1ccc(C=CCCCl)cc1Cl. The second-order valence-corrected chi connectivity index (χ2v) is 3.52. The normalized spacial score (nSPS) is 10.4. The van der Waals surface area contributed by atoms with Crippen molar-refractivity contribution in [3.05, 3.63) is 40.4 Å². The van der Waals surface area contributed by atoms with E-state index in [9.17, 15) is 0 Å². The Balaban J connectivity index is 2.82. The van der Waals surface area contributed by atoms with Gasteiger partial charge in [-0.2, -0.15) is 5.26 Å². The molecule has 0 radical (unpaired) electrons. The van der Waals surface area contributed by atoms with E-state index in [2.05, 4.69) is 0 Å². The maximum Gasteiger partial charge on any atom is 0.101 e. The van der Waals surface area contributed by atoms with Crippen molar-refractivity contribution >= 4 is 29.3 Å². The number of nitrogens with zero attached hydrogens (tertiary/aromatic N) is 1. The lowest BCUT2D eigenvalue weighted by molar-refractivity contribution is 1.24. The minimum Gasteiger partial charge on any atom is -0.192 e. The molecule has 0 N–H and O–H groups in total. The molecule has 1 rings (SSSR count). The van der Waals surface area contributed by atoms with Crippen LogP contribution in [0.25, 0.3) is 6.08 Å². The Kier molecular flexibility index (Phi) is 4.52. The van der Waals surface area contributed by atoms with Crippen LogP contribution in [0, 0.1) is 11.3 Å². The van der Waals surface area contributed by atoms with Crippen molar-refractivity contribution in [2.24, 2.45) is 0 Å². The van der Waals surface area contributed by atoms with Crippen LogP contribution in [0.15, 0.2) is 24.3 Å². The van der Waals surface area contributed by atoms with Crippen LogP contribution in [0.5, 0.6) is 0 Å². The Hall–Kier alpha value is -0.970. The van der Waals surface area contributed by atoms with Crippen molar-refractivity contribution < 1.29 is 0 Å². The number of hydrogen-bond donors (Lipinski definition) is 0. The number of halogens is 2. The molecule has 0 atom stereocenters. The fourth-order valence-corrected chi connectivity index (χ4v) is 1.37. The molecule has 0 aliphatic rings. The summed E-state index contributed by atoms with van der Waals surface area (Å²) >= 11 is 11.4. The second-order valence-electron chi connectivity index (χ2n) is 2.73. The Morgan fingerprint density at radius 3 is 2.79 bits per heavy atom. The first-order chi connectivity index (χ1) is 6.77. The van der Waals surface area contributed by atoms with Crippen molar-refractivity contribution in [3.8, 4) is 6.07 Å². The van der Waals surface area contributed by atoms with Gasteiger partial charge in [0.2, 0.25) is 0 Å². The molecule has 0 fully saturated rings. The van der Waals surface area contributed by atoms with Gasteiger partial charge >= 0.3 is 0 Å². The first-order valence-corrected chi connectivity index (χ1v) is 5.11. The van der Waals surface area contributed by atoms with E-state index in [1.54, 1.807) is 12.1 Å². The van der Waals surface area contributed by atoms with E-state index in [1.165, 1.54) is 0 Å². The van der Waals surface area contributed by atoms with Gasteiger partial charge in [-0.15, -0.1) is 11.6 Å². The molecule has 1 aromatic rings. The highest BCUT2D eigenvalue weighted by molar-refractivity contribution is 6.31. The second kappa shape index (κ2) is 5.70. The van der Waals surface area contributed by atoms with E-state index >= 15 is 0 Å². The molecule has 0 aliphatic carbocycles. The molecule has 0 spiro atoms. The zero-order chi connectivity index (χ0) is 10.4. The van der Waals surface area contributed by atoms with Gasteiger partial charge in [0.25, 0.3) is 0 Å². The molecule has 72 valence electrons. The van der Waals surface area contributed by atoms with Crippen LogP contribution >= 0.6 is 23.2 Å². The number of alkyl halides is 1. The summed E-state index contributed by atoms with van der Waals surface area (Å²) in [7, 11) is 0. The molecule has 0 bridgehead atoms. The zero-order valence-electron chi connectivity index (χ0n) is 7.50. The fraction of sp³-hybridized carbons (Fsp3) is 0.182. The van der Waals surface area contributed by atoms with Crippen LogP contribution in [-0.4, -0.2) is 5.88 Å². The Bertz CT molecular complexity index is 377. The number of allylic oxidation sites excluding steroid dienone is 1. The average Bonchev–Trinajstić information content (AvgIpc) is 2.18. The number of benzene rings is 1. The molecule has 0 saturated carbocycles. The van der Waals surface area contributed by atoms with E-state index < -0.39 is 0 Å². The molecule has 0 aliphatic heterocycles. The Labute approximate surface area is 93.6 Å². The highest BCUT2D eigenvalue weighted by atomic mass is 35.5. The summed E-state index contributed by atoms with van der Waals surface area (Å²) < 4.78 is 0. The molecule has 0 amide bonds. The van der Waals surface area contributed by atoms with Crippen LogP contribution in [-0.2, 0) is 0 Å². The third-order valence-corrected chi connectivity index (χ3v) is 2.23. The molecule has 0 saturated heterocycles. The summed E-state index contributed by atoms with van der Waals surface area (Å²) in [5.74, 6) is 0.612. The van der Waals surface area contributed by atoms with Crippen LogP contribution in [0.3, 0.4) is 0 Å². The van der Waals surface area contributed by atoms with Crippen LogP contribution in [0.1, 0.15) is 17.5 Å². The standard InChI is InChI=1S/C11H9Cl2N/c12-6-2-1-3-9-4-5-10(8-14)11(13)7-9/h1,3-5,7H,2,6H2. The number of rotatable bonds is 3. The van der Waals surface area contributed by atoms with Gasteiger partial charge in [-0.3, -0.25) is 0 Å². The van der Waals surface area contributed by atoms with Gasteiger partial charge in [0, 0.05) is 5.88 Å². The van der Waals surface area contributed by atoms with Crippen molar-refractivity contribution in [3.63, 3.8) is 0 Å². The van der Waals surface area contributed by atoms with Crippen LogP contribution in [0.2, 0.25) is 5.02 Å². The quantitative estimate of drug-likeness (QED) is 0.718. The average molecular weight is 226 g/mol. The maximum atomic E-state index is 8.65. The van der Waals surface area contributed by atoms with Gasteiger partial charge in [0.1, 0.15) is 6.07 Å². The van der Waals surface area contributed by atoms with E-state index in [0.717, 1.165) is 12.0 Å². The lowest BCUT2D eigenvalue weighted by Crippen LogP contribution is -1.78. The monoisotopic (exact) mass is 225 g/mol. The molecule has 14 heavy (non-hydrogen) atoms. The summed E-state index contributed by atoms with van der Waals surface area (Å²) in [5, 5.41) is 9.14. The highest BCUT2D eigenvalue weighted by Gasteiger charge is 1.98. The third-order valence-electron chi connectivity index (χ3n) is 1.70. The van der Waals surface area contributed by atoms with E-state index in [-0.39, 0.29) is 0 Å². The molecular formula is C11H9Cl2N. The molecule has 1 aromatic carbocycles. The predicted octanol–water partition coefficient (Wildman–Crippen LogP) is 3.85. The van der Waals surface area contributed by atoms with E-state index in [0.29, 0.717) is 16.5 Å². The minimum absolute atomic E-state index is 0.487. The smallest absolute Gasteiger partial charge is 0.101 e. The van der Waals surface area contributed by atoms with Gasteiger partial charge in [-0.25, -0.2) is 0 Å². The highest BCUT2D eigenvalue weighted by Crippen LogP contribution is 2.17. The molecule has 0 aromatic heterocycles. The zero-order valence-corrected chi connectivity index (χ0v) is 9.02. The maximum absolute atomic E-state index is 8.65. The predicted molar refractivity (Wildman–Crippen MR) is 60.5 cm³/mol. The van der Waals surface area contributed by atoms with Crippen LogP contribution in [0.4, 0.5) is 0 Å². The van der Waals surface area contributed by atoms with Gasteiger partial charge in [0.05, 0.1) is 10.6 Å². The summed E-state index contributed by atoms with van der Waals surface area (Å²) in [5.41, 5.74) is 1.49. The van der Waals surface area contributed by atoms with Crippen molar-refractivity contribution in [1.82, 2.24) is 0 Å². The van der Waals surface area contributed by atoms with Crippen molar-refractivity contribution in [2.45, 2.75) is 6.42 Å². The lowest BCUT2D eigenvalue weighted by atomic mass is 10.1. The molecular weight excluding hydrogens is 217 g/mol. The van der Waals surface area contributed by atoms with E-state index in [1.807, 2.05) is 24.3 Å². The molecule has 1 nitrogen and oxygen atoms in total. The topological polar surface area (TPSA) is 23.8 Å². The van der Waals surface area contributed by atoms with Gasteiger partial charge in [0.15, 0.2) is 0 Å². The molecule has 0 heterocycles. The van der Waals surface area contributed by atoms with E-state index in [4.69, 9.17) is 28.5 Å². The minimum atomic E-state index is 0.487. The fourth-order valence-electron chi connectivity index (χ4n) is 1.01. The Morgan fingerprint density at radius 1 is 1.43 bits per heavy atom. The first kappa shape index (κ1) is 11.1. The lowest BCUT2D eigenvalue weighted by Gasteiger charge is -1.96. The summed E-state index contributed by atoms with van der Waals surface area (Å²) in [6.45, 7) is 0. The van der Waals surface area contributed by atoms with Gasteiger partial charge in [-0.1, -0.05) is 29.8 Å². The first-order valence-electron chi connectivity index (χ1n) is 4.20. The van der Waals surface area contributed by atoms with Gasteiger partial charge in [-0.05, 0) is 24.1 Å². The van der Waals surface area contributed by atoms with Gasteiger partial charge < -0.3 is 0 Å². The number of hydrogen-bond acceptors (Lipinski definition) is 1. The third kappa shape index (κ3) is 3.06. The Morgan fingerprint density at radius 2 is 2.21 bits per heavy atom. The summed E-state index contributed by atoms with van der Waals surface area (Å²) in [6.07, 6.45) is 4.75. The molecule has 3 heteroatoms. The number of nitriles is 1. The summed E-state index contributed by atoms with van der Waals surface area (Å²) in [4.78, 5) is 0. The van der Waals surface area contributed by atoms with Crippen molar-refractivity contribution in [2.75, 3.05) is 5.88 Å². The van der Waals surface area contributed by atoms with Crippen LogP contribution < -0.4 is 0 Å². The molecule has 0 unspecified atom stereocenters. The summed E-state index contributed by atoms with van der Waals surface area (Å²) in [6, 6.07) is 7.35. The largest absolute Gasteiger partial charge is 0.192 e.